The zero-order valence-corrected chi connectivity index (χ0v) is 11.8. The molecule has 0 bridgehead atoms. The summed E-state index contributed by atoms with van der Waals surface area (Å²) in [5.41, 5.74) is 1.84. The number of thiophene rings is 1. The Morgan fingerprint density at radius 1 is 1.56 bits per heavy atom. The van der Waals surface area contributed by atoms with Gasteiger partial charge in [-0.2, -0.15) is 0 Å². The summed E-state index contributed by atoms with van der Waals surface area (Å²) in [5.74, 6) is -0.262. The van der Waals surface area contributed by atoms with Crippen molar-refractivity contribution in [2.24, 2.45) is 0 Å². The molecule has 0 aromatic carbocycles. The molecule has 0 N–H and O–H groups in total. The lowest BCUT2D eigenvalue weighted by molar-refractivity contribution is 0.0533. The van der Waals surface area contributed by atoms with Crippen molar-refractivity contribution in [3.63, 3.8) is 0 Å². The van der Waals surface area contributed by atoms with Crippen molar-refractivity contribution in [1.82, 2.24) is 4.98 Å². The van der Waals surface area contributed by atoms with E-state index in [9.17, 15) is 4.79 Å². The summed E-state index contributed by atoms with van der Waals surface area (Å²) < 4.78 is 6.18. The van der Waals surface area contributed by atoms with Gasteiger partial charge in [0.05, 0.1) is 10.8 Å². The fourth-order valence-electron chi connectivity index (χ4n) is 1.55. The minimum absolute atomic E-state index is 0.262. The van der Waals surface area contributed by atoms with Gasteiger partial charge in [-0.1, -0.05) is 6.07 Å². The van der Waals surface area contributed by atoms with Gasteiger partial charge in [0.25, 0.3) is 0 Å². The van der Waals surface area contributed by atoms with Crippen LogP contribution in [0.25, 0.3) is 11.1 Å². The van der Waals surface area contributed by atoms with E-state index >= 15 is 0 Å². The predicted octanol–water partition coefficient (Wildman–Crippen LogP) is 3.71. The summed E-state index contributed by atoms with van der Waals surface area (Å²) in [6, 6.07) is 5.82. The first-order valence-electron chi connectivity index (χ1n) is 5.51. The monoisotopic (exact) mass is 279 g/mol. The maximum absolute atomic E-state index is 11.9. The minimum atomic E-state index is -0.262. The summed E-state index contributed by atoms with van der Waals surface area (Å²) in [5, 5.41) is 0. The number of hydrogen-bond acceptors (Lipinski definition) is 5. The fourth-order valence-corrected chi connectivity index (χ4v) is 3.18. The van der Waals surface area contributed by atoms with Crippen LogP contribution >= 0.6 is 23.1 Å². The van der Waals surface area contributed by atoms with Crippen LogP contribution in [-0.4, -0.2) is 23.8 Å². The summed E-state index contributed by atoms with van der Waals surface area (Å²) >= 11 is 3.09. The molecule has 2 heterocycles. The highest BCUT2D eigenvalue weighted by atomic mass is 32.2. The van der Waals surface area contributed by atoms with Crippen LogP contribution in [-0.2, 0) is 4.74 Å². The average Bonchev–Trinajstić information content (AvgIpc) is 2.84. The predicted molar refractivity (Wildman–Crippen MR) is 75.3 cm³/mol. The van der Waals surface area contributed by atoms with Gasteiger partial charge in [0.2, 0.25) is 0 Å². The highest BCUT2D eigenvalue weighted by molar-refractivity contribution is 8.00. The molecule has 0 saturated heterocycles. The minimum Gasteiger partial charge on any atom is -0.462 e. The zero-order chi connectivity index (χ0) is 13.0. The molecule has 5 heteroatoms. The highest BCUT2D eigenvalue weighted by Gasteiger charge is 2.18. The molecule has 0 aliphatic rings. The smallest absolute Gasteiger partial charge is 0.348 e. The third kappa shape index (κ3) is 2.73. The average molecular weight is 279 g/mol. The van der Waals surface area contributed by atoms with Gasteiger partial charge in [-0.3, -0.25) is 4.98 Å². The summed E-state index contributed by atoms with van der Waals surface area (Å²) in [4.78, 5) is 16.7. The van der Waals surface area contributed by atoms with Crippen molar-refractivity contribution < 1.29 is 9.53 Å². The number of nitrogens with zero attached hydrogens (tertiary/aromatic N) is 1. The van der Waals surface area contributed by atoms with Crippen molar-refractivity contribution in [3.8, 4) is 11.1 Å². The number of ether oxygens (including phenoxy) is 1. The van der Waals surface area contributed by atoms with Crippen molar-refractivity contribution in [2.75, 3.05) is 12.9 Å². The normalized spacial score (nSPS) is 10.3. The standard InChI is InChI=1S/C13H13NO2S2/c1-3-16-13(15)12-10(7-11(17-2)18-12)9-5-4-6-14-8-9/h4-8H,3H2,1-2H3. The Morgan fingerprint density at radius 3 is 3.00 bits per heavy atom. The fraction of sp³-hybridized carbons (Fsp3) is 0.231. The molecule has 18 heavy (non-hydrogen) atoms. The van der Waals surface area contributed by atoms with E-state index in [4.69, 9.17) is 4.74 Å². The number of pyridine rings is 1. The van der Waals surface area contributed by atoms with Gasteiger partial charge in [-0.05, 0) is 25.3 Å². The van der Waals surface area contributed by atoms with Crippen LogP contribution in [0.15, 0.2) is 34.8 Å². The Hall–Kier alpha value is -1.33. The molecule has 0 atom stereocenters. The van der Waals surface area contributed by atoms with Crippen LogP contribution in [0.3, 0.4) is 0 Å². The molecule has 0 radical (unpaired) electrons. The van der Waals surface area contributed by atoms with Crippen LogP contribution in [0.5, 0.6) is 0 Å². The molecule has 2 aromatic rings. The summed E-state index contributed by atoms with van der Waals surface area (Å²) in [6.45, 7) is 2.20. The molecule has 0 aliphatic carbocycles. The molecular formula is C13H13NO2S2. The van der Waals surface area contributed by atoms with Gasteiger partial charge in [-0.25, -0.2) is 4.79 Å². The maximum Gasteiger partial charge on any atom is 0.348 e. The van der Waals surface area contributed by atoms with Crippen LogP contribution in [0.4, 0.5) is 0 Å². The van der Waals surface area contributed by atoms with E-state index in [-0.39, 0.29) is 5.97 Å². The second kappa shape index (κ2) is 6.02. The van der Waals surface area contributed by atoms with Gasteiger partial charge in [0.15, 0.2) is 0 Å². The van der Waals surface area contributed by atoms with Crippen molar-refractivity contribution >= 4 is 29.1 Å². The number of aromatic nitrogens is 1. The Morgan fingerprint density at radius 2 is 2.39 bits per heavy atom. The van der Waals surface area contributed by atoms with Crippen LogP contribution in [0.1, 0.15) is 16.6 Å². The molecule has 2 rings (SSSR count). The molecule has 0 amide bonds. The summed E-state index contributed by atoms with van der Waals surface area (Å²) in [6.07, 6.45) is 5.47. The molecule has 2 aromatic heterocycles. The number of esters is 1. The van der Waals surface area contributed by atoms with E-state index in [0.717, 1.165) is 15.3 Å². The van der Waals surface area contributed by atoms with E-state index in [1.54, 1.807) is 24.2 Å². The largest absolute Gasteiger partial charge is 0.462 e. The molecule has 0 aliphatic heterocycles. The van der Waals surface area contributed by atoms with Gasteiger partial charge < -0.3 is 4.74 Å². The van der Waals surface area contributed by atoms with Crippen LogP contribution < -0.4 is 0 Å². The van der Waals surface area contributed by atoms with Crippen molar-refractivity contribution in [3.05, 3.63) is 35.5 Å². The van der Waals surface area contributed by atoms with Gasteiger partial charge in [-0.15, -0.1) is 23.1 Å². The number of carbonyl (C=O) groups is 1. The van der Waals surface area contributed by atoms with Crippen molar-refractivity contribution in [1.29, 1.82) is 0 Å². The zero-order valence-electron chi connectivity index (χ0n) is 10.2. The molecule has 94 valence electrons. The first kappa shape index (κ1) is 13.1. The molecule has 0 unspecified atom stereocenters. The first-order chi connectivity index (χ1) is 8.76. The SMILES string of the molecule is CCOC(=O)c1sc(SC)cc1-c1cccnc1. The topological polar surface area (TPSA) is 39.2 Å². The third-order valence-electron chi connectivity index (χ3n) is 2.34. The molecule has 3 nitrogen and oxygen atoms in total. The molecule has 0 fully saturated rings. The Balaban J connectivity index is 2.45. The lowest BCUT2D eigenvalue weighted by Crippen LogP contribution is -2.03. The molecule has 0 spiro atoms. The van der Waals surface area contributed by atoms with Crippen LogP contribution in [0, 0.1) is 0 Å². The van der Waals surface area contributed by atoms with Crippen LogP contribution in [0.2, 0.25) is 0 Å². The van der Waals surface area contributed by atoms with Crippen molar-refractivity contribution in [2.45, 2.75) is 11.1 Å². The van der Waals surface area contributed by atoms with E-state index in [2.05, 4.69) is 4.98 Å². The van der Waals surface area contributed by atoms with E-state index in [0.29, 0.717) is 11.5 Å². The lowest BCUT2D eigenvalue weighted by atomic mass is 10.1. The Kier molecular flexibility index (Phi) is 4.38. The number of hydrogen-bond donors (Lipinski definition) is 0. The molecular weight excluding hydrogens is 266 g/mol. The number of rotatable bonds is 4. The van der Waals surface area contributed by atoms with Gasteiger partial charge >= 0.3 is 5.97 Å². The molecule has 0 saturated carbocycles. The van der Waals surface area contributed by atoms with E-state index < -0.39 is 0 Å². The summed E-state index contributed by atoms with van der Waals surface area (Å²) in [7, 11) is 0. The third-order valence-corrected chi connectivity index (χ3v) is 4.52. The lowest BCUT2D eigenvalue weighted by Gasteiger charge is -2.02. The Bertz CT molecular complexity index is 537. The van der Waals surface area contributed by atoms with Gasteiger partial charge in [0.1, 0.15) is 4.88 Å². The van der Waals surface area contributed by atoms with E-state index in [1.807, 2.05) is 31.4 Å². The number of thioether (sulfide) groups is 1. The quantitative estimate of drug-likeness (QED) is 0.632. The first-order valence-corrected chi connectivity index (χ1v) is 7.55. The Labute approximate surface area is 114 Å². The highest BCUT2D eigenvalue weighted by Crippen LogP contribution is 2.36. The second-order valence-corrected chi connectivity index (χ2v) is 5.63. The second-order valence-electron chi connectivity index (χ2n) is 3.47. The number of carbonyl (C=O) groups excluding carboxylic acids is 1. The van der Waals surface area contributed by atoms with E-state index in [1.165, 1.54) is 11.3 Å². The maximum atomic E-state index is 11.9. The van der Waals surface area contributed by atoms with Gasteiger partial charge in [0, 0.05) is 23.5 Å².